The summed E-state index contributed by atoms with van der Waals surface area (Å²) in [6, 6.07) is 26.1. The van der Waals surface area contributed by atoms with E-state index in [1.807, 2.05) is 78.9 Å². The topological polar surface area (TPSA) is 71.0 Å². The quantitative estimate of drug-likeness (QED) is 0.299. The van der Waals surface area contributed by atoms with Crippen LogP contribution in [-0.2, 0) is 11.4 Å². The van der Waals surface area contributed by atoms with Gasteiger partial charge in [0.1, 0.15) is 18.9 Å². The largest absolute Gasteiger partial charge is 0.489 e. The molecule has 1 heterocycles. The molecule has 0 bridgehead atoms. The molecule has 7 heteroatoms. The zero-order valence-corrected chi connectivity index (χ0v) is 18.8. The summed E-state index contributed by atoms with van der Waals surface area (Å²) in [7, 11) is 0. The number of carbonyl (C=O) groups is 2. The van der Waals surface area contributed by atoms with E-state index >= 15 is 0 Å². The Morgan fingerprint density at radius 3 is 2.47 bits per heavy atom. The average Bonchev–Trinajstić information content (AvgIpc) is 3.12. The number of ether oxygens (including phenoxy) is 1. The summed E-state index contributed by atoms with van der Waals surface area (Å²) >= 11 is 5.89. The predicted molar refractivity (Wildman–Crippen MR) is 134 cm³/mol. The van der Waals surface area contributed by atoms with Crippen molar-refractivity contribution in [2.45, 2.75) is 6.61 Å². The number of nitrogens with one attached hydrogen (secondary N) is 1. The fraction of sp³-hybridized carbons (Fsp3) is 0.0741. The summed E-state index contributed by atoms with van der Waals surface area (Å²) in [5.74, 6) is 0.162. The smallest absolute Gasteiger partial charge is 0.260 e. The molecule has 5 rings (SSSR count). The monoisotopic (exact) mass is 469 g/mol. The lowest BCUT2D eigenvalue weighted by atomic mass is 10.1. The zero-order valence-electron chi connectivity index (χ0n) is 18.1. The second kappa shape index (κ2) is 9.37. The van der Waals surface area contributed by atoms with Gasteiger partial charge < -0.3 is 4.74 Å². The molecule has 4 aromatic carbocycles. The average molecular weight is 470 g/mol. The van der Waals surface area contributed by atoms with Crippen LogP contribution in [0.25, 0.3) is 10.8 Å². The van der Waals surface area contributed by atoms with Crippen LogP contribution in [0, 0.1) is 0 Å². The lowest BCUT2D eigenvalue weighted by Gasteiger charge is -2.16. The van der Waals surface area contributed by atoms with Gasteiger partial charge in [-0.05, 0) is 65.0 Å². The van der Waals surface area contributed by atoms with Crippen molar-refractivity contribution in [3.8, 4) is 5.75 Å². The van der Waals surface area contributed by atoms with Crippen molar-refractivity contribution in [2.24, 2.45) is 5.10 Å². The number of nitrogens with zero attached hydrogens (tertiary/aromatic N) is 2. The van der Waals surface area contributed by atoms with E-state index in [0.29, 0.717) is 17.2 Å². The van der Waals surface area contributed by atoms with Gasteiger partial charge in [0.05, 0.1) is 11.9 Å². The van der Waals surface area contributed by atoms with Crippen molar-refractivity contribution in [2.75, 3.05) is 11.4 Å². The molecule has 0 radical (unpaired) electrons. The fourth-order valence-electron chi connectivity index (χ4n) is 3.89. The first-order chi connectivity index (χ1) is 16.6. The van der Waals surface area contributed by atoms with Gasteiger partial charge in [-0.25, -0.2) is 5.43 Å². The van der Waals surface area contributed by atoms with Gasteiger partial charge in [0.25, 0.3) is 11.8 Å². The van der Waals surface area contributed by atoms with Gasteiger partial charge in [-0.15, -0.1) is 0 Å². The van der Waals surface area contributed by atoms with Crippen LogP contribution in [-0.4, -0.2) is 24.6 Å². The molecule has 1 aliphatic rings. The Balaban J connectivity index is 1.16. The number of carbonyl (C=O) groups excluding carboxylic acids is 2. The van der Waals surface area contributed by atoms with Crippen LogP contribution in [0.3, 0.4) is 0 Å². The van der Waals surface area contributed by atoms with Crippen molar-refractivity contribution < 1.29 is 14.3 Å². The molecule has 6 nitrogen and oxygen atoms in total. The van der Waals surface area contributed by atoms with Crippen LogP contribution >= 0.6 is 11.6 Å². The third-order valence-electron chi connectivity index (χ3n) is 5.55. The second-order valence-corrected chi connectivity index (χ2v) is 8.29. The lowest BCUT2D eigenvalue weighted by Crippen LogP contribution is -2.37. The molecule has 0 aliphatic carbocycles. The van der Waals surface area contributed by atoms with E-state index in [4.69, 9.17) is 16.3 Å². The molecular weight excluding hydrogens is 450 g/mol. The van der Waals surface area contributed by atoms with Gasteiger partial charge in [-0.3, -0.25) is 14.5 Å². The molecular formula is C27H20ClN3O3. The molecule has 4 aromatic rings. The van der Waals surface area contributed by atoms with Crippen molar-refractivity contribution in [1.29, 1.82) is 0 Å². The van der Waals surface area contributed by atoms with Crippen LogP contribution in [0.15, 0.2) is 90.0 Å². The summed E-state index contributed by atoms with van der Waals surface area (Å²) in [5, 5.41) is 6.57. The van der Waals surface area contributed by atoms with E-state index in [9.17, 15) is 9.59 Å². The van der Waals surface area contributed by atoms with Gasteiger partial charge in [0.2, 0.25) is 0 Å². The first-order valence-electron chi connectivity index (χ1n) is 10.7. The highest BCUT2D eigenvalue weighted by molar-refractivity contribution is 6.30. The van der Waals surface area contributed by atoms with E-state index in [1.165, 1.54) is 4.90 Å². The third-order valence-corrected chi connectivity index (χ3v) is 5.80. The minimum atomic E-state index is -0.377. The Morgan fingerprint density at radius 2 is 1.71 bits per heavy atom. The molecule has 34 heavy (non-hydrogen) atoms. The highest BCUT2D eigenvalue weighted by Gasteiger charge is 2.30. The lowest BCUT2D eigenvalue weighted by molar-refractivity contribution is -0.119. The molecule has 0 saturated heterocycles. The number of hydrogen-bond donors (Lipinski definition) is 1. The highest BCUT2D eigenvalue weighted by Crippen LogP contribution is 2.36. The maximum Gasteiger partial charge on any atom is 0.260 e. The van der Waals surface area contributed by atoms with Crippen molar-refractivity contribution in [1.82, 2.24) is 5.43 Å². The number of hydrogen-bond acceptors (Lipinski definition) is 4. The number of anilines is 1. The Bertz CT molecular complexity index is 1390. The Hall–Kier alpha value is -4.16. The molecule has 2 amide bonds. The summed E-state index contributed by atoms with van der Waals surface area (Å²) in [6.45, 7) is 0.328. The Morgan fingerprint density at radius 1 is 0.971 bits per heavy atom. The summed E-state index contributed by atoms with van der Waals surface area (Å²) in [4.78, 5) is 26.7. The van der Waals surface area contributed by atoms with Crippen LogP contribution in [0.4, 0.5) is 5.69 Å². The summed E-state index contributed by atoms with van der Waals surface area (Å²) in [6.07, 6.45) is 1.54. The number of halogens is 1. The molecule has 0 unspecified atom stereocenters. The van der Waals surface area contributed by atoms with Gasteiger partial charge >= 0.3 is 0 Å². The van der Waals surface area contributed by atoms with Gasteiger partial charge in [0.15, 0.2) is 0 Å². The fourth-order valence-corrected chi connectivity index (χ4v) is 4.02. The third kappa shape index (κ3) is 4.49. The first kappa shape index (κ1) is 21.7. The maximum atomic E-state index is 12.8. The van der Waals surface area contributed by atoms with Gasteiger partial charge in [-0.1, -0.05) is 48.0 Å². The van der Waals surface area contributed by atoms with Gasteiger partial charge in [-0.2, -0.15) is 5.10 Å². The Kier molecular flexibility index (Phi) is 5.97. The summed E-state index contributed by atoms with van der Waals surface area (Å²) in [5.41, 5.74) is 5.67. The Labute approximate surface area is 201 Å². The molecule has 0 atom stereocenters. The second-order valence-electron chi connectivity index (χ2n) is 7.85. The van der Waals surface area contributed by atoms with E-state index in [2.05, 4.69) is 10.5 Å². The van der Waals surface area contributed by atoms with E-state index in [0.717, 1.165) is 33.3 Å². The molecule has 168 valence electrons. The molecule has 0 spiro atoms. The number of hydrazone groups is 1. The predicted octanol–water partition coefficient (Wildman–Crippen LogP) is 5.18. The number of benzene rings is 4. The van der Waals surface area contributed by atoms with E-state index < -0.39 is 0 Å². The minimum absolute atomic E-state index is 0.110. The minimum Gasteiger partial charge on any atom is -0.489 e. The first-order valence-corrected chi connectivity index (χ1v) is 11.1. The number of amides is 2. The normalized spacial score (nSPS) is 12.5. The van der Waals surface area contributed by atoms with Crippen LogP contribution in [0.5, 0.6) is 5.75 Å². The van der Waals surface area contributed by atoms with E-state index in [-0.39, 0.29) is 18.4 Å². The zero-order chi connectivity index (χ0) is 23.5. The number of rotatable bonds is 7. The maximum absolute atomic E-state index is 12.8. The van der Waals surface area contributed by atoms with Crippen molar-refractivity contribution in [3.63, 3.8) is 0 Å². The van der Waals surface area contributed by atoms with Crippen LogP contribution in [0.1, 0.15) is 21.5 Å². The standard InChI is InChI=1S/C27H20ClN3O3/c28-21-11-7-19(8-12-21)17-34-22-13-9-18(10-14-22)15-29-30-25(32)16-31-24-6-2-4-20-3-1-5-23(26(20)24)27(31)33/h1-15H,16-17H2,(H,30,32)/b29-15+. The molecule has 1 aliphatic heterocycles. The van der Waals surface area contributed by atoms with Gasteiger partial charge in [0, 0.05) is 16.0 Å². The van der Waals surface area contributed by atoms with Crippen molar-refractivity contribution in [3.05, 3.63) is 107 Å². The van der Waals surface area contributed by atoms with E-state index in [1.54, 1.807) is 12.3 Å². The van der Waals surface area contributed by atoms with Crippen LogP contribution < -0.4 is 15.1 Å². The molecule has 0 aromatic heterocycles. The molecule has 0 fully saturated rings. The highest BCUT2D eigenvalue weighted by atomic mass is 35.5. The SMILES string of the molecule is O=C(CN1C(=O)c2cccc3cccc1c23)N/N=C/c1ccc(OCc2ccc(Cl)cc2)cc1. The molecule has 0 saturated carbocycles. The van der Waals surface area contributed by atoms with Crippen molar-refractivity contribution >= 4 is 46.1 Å². The summed E-state index contributed by atoms with van der Waals surface area (Å²) < 4.78 is 5.77. The molecule has 1 N–H and O–H groups in total. The van der Waals surface area contributed by atoms with Crippen LogP contribution in [0.2, 0.25) is 5.02 Å².